The van der Waals surface area contributed by atoms with Gasteiger partial charge >= 0.3 is 0 Å². The summed E-state index contributed by atoms with van der Waals surface area (Å²) in [6.45, 7) is 7.94. The molecule has 0 radical (unpaired) electrons. The molecule has 3 aromatic rings. The lowest BCUT2D eigenvalue weighted by Crippen LogP contribution is -2.50. The van der Waals surface area contributed by atoms with Crippen LogP contribution >= 0.6 is 35.1 Å². The lowest BCUT2D eigenvalue weighted by Gasteiger charge is -2.28. The highest BCUT2D eigenvalue weighted by Crippen LogP contribution is 2.27. The maximum atomic E-state index is 13.4. The summed E-state index contributed by atoms with van der Waals surface area (Å²) in [5.41, 5.74) is 7.65. The molecule has 3 atom stereocenters. The van der Waals surface area contributed by atoms with Crippen molar-refractivity contribution < 1.29 is 19.2 Å². The van der Waals surface area contributed by atoms with E-state index in [1.54, 1.807) is 10.8 Å². The minimum Gasteiger partial charge on any atom is -0.351 e. The highest BCUT2D eigenvalue weighted by Gasteiger charge is 2.29. The molecule has 14 heteroatoms. The van der Waals surface area contributed by atoms with Crippen molar-refractivity contribution in [3.63, 3.8) is 0 Å². The van der Waals surface area contributed by atoms with Crippen LogP contribution in [0.5, 0.6) is 0 Å². The van der Waals surface area contributed by atoms with Crippen molar-refractivity contribution in [2.24, 2.45) is 17.6 Å². The number of nitrogens with one attached hydrogen (secondary N) is 3. The molecule has 4 amide bonds. The van der Waals surface area contributed by atoms with Crippen LogP contribution in [0.25, 0.3) is 0 Å². The molecule has 1 aliphatic heterocycles. The second-order valence-electron chi connectivity index (χ2n) is 11.3. The molecular formula is C30H40ClN7O4S2. The SMILES string of the molecule is CC(C)[C@@H]1NC(=O)c2csc(n2)[C@H](Cc2ccccc2)NC(=O)CN(C(=O)[C@H](N)C(C)C)CCCNC(=O)c2csc1n2.Cl. The third kappa shape index (κ3) is 9.07. The summed E-state index contributed by atoms with van der Waals surface area (Å²) in [6.07, 6.45) is 0.865. The highest BCUT2D eigenvalue weighted by atomic mass is 35.5. The Kier molecular flexibility index (Phi) is 12.8. The minimum absolute atomic E-state index is 0. The van der Waals surface area contributed by atoms with Crippen LogP contribution in [0, 0.1) is 11.8 Å². The molecule has 0 saturated heterocycles. The lowest BCUT2D eigenvalue weighted by atomic mass is 10.0. The first kappa shape index (κ1) is 35.1. The molecule has 0 saturated carbocycles. The number of amides is 4. The number of halogens is 1. The maximum absolute atomic E-state index is 13.4. The number of thiazole rings is 2. The van der Waals surface area contributed by atoms with Crippen molar-refractivity contribution in [3.8, 4) is 0 Å². The topological polar surface area (TPSA) is 159 Å². The van der Waals surface area contributed by atoms with Crippen LogP contribution < -0.4 is 21.7 Å². The molecule has 44 heavy (non-hydrogen) atoms. The van der Waals surface area contributed by atoms with Crippen LogP contribution in [0.15, 0.2) is 41.1 Å². The van der Waals surface area contributed by atoms with E-state index in [4.69, 9.17) is 5.73 Å². The van der Waals surface area contributed by atoms with E-state index in [9.17, 15) is 19.2 Å². The number of rotatable bonds is 5. The first-order valence-electron chi connectivity index (χ1n) is 14.4. The summed E-state index contributed by atoms with van der Waals surface area (Å²) in [4.78, 5) is 63.4. The van der Waals surface area contributed by atoms with Crippen LogP contribution in [0.3, 0.4) is 0 Å². The Morgan fingerprint density at radius 3 is 2.27 bits per heavy atom. The summed E-state index contributed by atoms with van der Waals surface area (Å²) in [6, 6.07) is 7.96. The highest BCUT2D eigenvalue weighted by molar-refractivity contribution is 7.10. The molecule has 0 fully saturated rings. The fraction of sp³-hybridized carbons (Fsp3) is 0.467. The monoisotopic (exact) mass is 661 g/mol. The fourth-order valence-corrected chi connectivity index (χ4v) is 6.47. The van der Waals surface area contributed by atoms with Crippen molar-refractivity contribution in [1.29, 1.82) is 0 Å². The Balaban J connectivity index is 0.00000529. The van der Waals surface area contributed by atoms with Gasteiger partial charge in [-0.15, -0.1) is 35.1 Å². The summed E-state index contributed by atoms with van der Waals surface area (Å²) >= 11 is 2.60. The molecule has 1 aliphatic rings. The number of carbonyl (C=O) groups excluding carboxylic acids is 4. The van der Waals surface area contributed by atoms with Gasteiger partial charge < -0.3 is 26.6 Å². The van der Waals surface area contributed by atoms with Crippen molar-refractivity contribution in [2.75, 3.05) is 19.6 Å². The average molecular weight is 662 g/mol. The van der Waals surface area contributed by atoms with Gasteiger partial charge in [-0.2, -0.15) is 0 Å². The van der Waals surface area contributed by atoms with E-state index in [0.717, 1.165) is 5.56 Å². The predicted octanol–water partition coefficient (Wildman–Crippen LogP) is 3.49. The number of benzene rings is 1. The number of nitrogens with zero attached hydrogens (tertiary/aromatic N) is 3. The normalized spacial score (nSPS) is 19.2. The van der Waals surface area contributed by atoms with E-state index in [0.29, 0.717) is 22.9 Å². The number of nitrogens with two attached hydrogens (primary N) is 1. The van der Waals surface area contributed by atoms with E-state index >= 15 is 0 Å². The molecule has 1 aromatic carbocycles. The number of aromatic nitrogens is 2. The summed E-state index contributed by atoms with van der Waals surface area (Å²) in [5, 5.41) is 13.4. The lowest BCUT2D eigenvalue weighted by molar-refractivity contribution is -0.138. The third-order valence-corrected chi connectivity index (χ3v) is 9.07. The van der Waals surface area contributed by atoms with Crippen LogP contribution in [0.1, 0.15) is 82.8 Å². The van der Waals surface area contributed by atoms with Gasteiger partial charge in [0, 0.05) is 23.8 Å². The molecule has 2 aromatic heterocycles. The molecule has 238 valence electrons. The molecule has 3 heterocycles. The molecule has 0 spiro atoms. The Bertz CT molecular complexity index is 1430. The Morgan fingerprint density at radius 2 is 1.61 bits per heavy atom. The van der Waals surface area contributed by atoms with Gasteiger partial charge in [0.05, 0.1) is 24.7 Å². The number of hydrogen-bond acceptors (Lipinski definition) is 9. The standard InChI is InChI=1S/C30H39N7O4S2.ClH/c1-17(2)24(31)30(41)37-12-8-11-32-26(39)21-15-43-29(35-21)25(18(3)4)36-27(40)22-16-42-28(34-22)20(33-23(38)14-37)13-19-9-6-5-7-10-19;/h5-7,9-10,15-18,20,24-25H,8,11-14,31H2,1-4H3,(H,32,39)(H,33,38)(H,36,40);1H/t20-,24+,25-;/m0./s1. The van der Waals surface area contributed by atoms with E-state index in [-0.39, 0.29) is 78.9 Å². The van der Waals surface area contributed by atoms with E-state index < -0.39 is 18.1 Å². The third-order valence-electron chi connectivity index (χ3n) is 7.18. The van der Waals surface area contributed by atoms with Crippen molar-refractivity contribution in [2.45, 2.75) is 58.7 Å². The van der Waals surface area contributed by atoms with Crippen LogP contribution in [0.2, 0.25) is 0 Å². The van der Waals surface area contributed by atoms with Gasteiger partial charge in [0.2, 0.25) is 11.8 Å². The molecular weight excluding hydrogens is 622 g/mol. The van der Waals surface area contributed by atoms with Crippen LogP contribution in [-0.4, -0.2) is 64.2 Å². The van der Waals surface area contributed by atoms with Gasteiger partial charge in [-0.25, -0.2) is 9.97 Å². The van der Waals surface area contributed by atoms with Gasteiger partial charge in [0.15, 0.2) is 0 Å². The van der Waals surface area contributed by atoms with Gasteiger partial charge in [-0.05, 0) is 30.2 Å². The largest absolute Gasteiger partial charge is 0.351 e. The Morgan fingerprint density at radius 1 is 0.977 bits per heavy atom. The zero-order chi connectivity index (χ0) is 31.1. The van der Waals surface area contributed by atoms with Gasteiger partial charge in [0.25, 0.3) is 11.8 Å². The Hall–Kier alpha value is -3.39. The number of hydrogen-bond donors (Lipinski definition) is 4. The minimum atomic E-state index is -0.772. The smallest absolute Gasteiger partial charge is 0.271 e. The van der Waals surface area contributed by atoms with Crippen molar-refractivity contribution in [1.82, 2.24) is 30.8 Å². The molecule has 4 bridgehead atoms. The fourth-order valence-electron chi connectivity index (χ4n) is 4.60. The average Bonchev–Trinajstić information content (AvgIpc) is 3.67. The molecule has 5 N–H and O–H groups in total. The van der Waals surface area contributed by atoms with Gasteiger partial charge in [0.1, 0.15) is 21.4 Å². The summed E-state index contributed by atoms with van der Waals surface area (Å²) in [5.74, 6) is -1.54. The molecule has 4 rings (SSSR count). The van der Waals surface area contributed by atoms with Crippen LogP contribution in [-0.2, 0) is 16.0 Å². The number of carbonyl (C=O) groups is 4. The zero-order valence-corrected chi connectivity index (χ0v) is 27.7. The Labute approximate surface area is 271 Å². The molecule has 0 aliphatic carbocycles. The van der Waals surface area contributed by atoms with Crippen molar-refractivity contribution in [3.05, 3.63) is 68.1 Å². The van der Waals surface area contributed by atoms with Crippen LogP contribution in [0.4, 0.5) is 0 Å². The van der Waals surface area contributed by atoms with Crippen molar-refractivity contribution >= 4 is 58.7 Å². The maximum Gasteiger partial charge on any atom is 0.271 e. The van der Waals surface area contributed by atoms with E-state index in [2.05, 4.69) is 25.9 Å². The second kappa shape index (κ2) is 16.1. The first-order chi connectivity index (χ1) is 20.5. The predicted molar refractivity (Wildman–Crippen MR) is 174 cm³/mol. The summed E-state index contributed by atoms with van der Waals surface area (Å²) < 4.78 is 0. The molecule has 0 unspecified atom stereocenters. The van der Waals surface area contributed by atoms with E-state index in [1.165, 1.54) is 27.6 Å². The second-order valence-corrected chi connectivity index (χ2v) is 13.1. The zero-order valence-electron chi connectivity index (χ0n) is 25.2. The first-order valence-corrected chi connectivity index (χ1v) is 16.2. The van der Waals surface area contributed by atoms with Gasteiger partial charge in [-0.1, -0.05) is 58.0 Å². The summed E-state index contributed by atoms with van der Waals surface area (Å²) in [7, 11) is 0. The van der Waals surface area contributed by atoms with Gasteiger partial charge in [-0.3, -0.25) is 19.2 Å². The quantitative estimate of drug-likeness (QED) is 0.326. The van der Waals surface area contributed by atoms with E-state index in [1.807, 2.05) is 58.0 Å². The number of fused-ring (bicyclic) bond motifs is 4. The molecule has 11 nitrogen and oxygen atoms in total.